The molecule has 4 heteroatoms. The summed E-state index contributed by atoms with van der Waals surface area (Å²) in [5.74, 6) is 0.824. The van der Waals surface area contributed by atoms with Crippen LogP contribution in [0.4, 0.5) is 0 Å². The molecule has 1 radical (unpaired) electrons. The third-order valence-electron chi connectivity index (χ3n) is 1.89. The topological polar surface area (TPSA) is 49.8 Å². The smallest absolute Gasteiger partial charge is 0.147 e. The number of hydrogen-bond acceptors (Lipinski definition) is 4. The van der Waals surface area contributed by atoms with Crippen LogP contribution in [0, 0.1) is 6.20 Å². The summed E-state index contributed by atoms with van der Waals surface area (Å²) in [4.78, 5) is 8.22. The Hall–Kier alpha value is -1.00. The summed E-state index contributed by atoms with van der Waals surface area (Å²) in [5, 5.41) is 6.60. The minimum absolute atomic E-state index is 0.246. The van der Waals surface area contributed by atoms with Gasteiger partial charge in [-0.25, -0.2) is 9.97 Å². The zero-order valence-corrected chi connectivity index (χ0v) is 6.75. The van der Waals surface area contributed by atoms with E-state index in [-0.39, 0.29) is 6.04 Å². The lowest BCUT2D eigenvalue weighted by atomic mass is 10.2. The molecule has 1 fully saturated rings. The normalized spacial score (nSPS) is 23.8. The molecule has 12 heavy (non-hydrogen) atoms. The molecule has 2 heterocycles. The molecule has 1 aliphatic rings. The number of hydrogen-bond donors (Lipinski definition) is 2. The van der Waals surface area contributed by atoms with E-state index in [1.807, 2.05) is 0 Å². The van der Waals surface area contributed by atoms with Crippen molar-refractivity contribution in [1.29, 1.82) is 0 Å². The molecular formula is C8H11N4. The van der Waals surface area contributed by atoms with Crippen LogP contribution in [0.5, 0.6) is 0 Å². The van der Waals surface area contributed by atoms with E-state index in [2.05, 4.69) is 26.8 Å². The summed E-state index contributed by atoms with van der Waals surface area (Å²) in [5.41, 5.74) is 0. The number of piperazine rings is 1. The van der Waals surface area contributed by atoms with Gasteiger partial charge in [0.05, 0.1) is 12.2 Å². The second-order valence-electron chi connectivity index (χ2n) is 2.75. The van der Waals surface area contributed by atoms with Crippen LogP contribution in [0.15, 0.2) is 12.3 Å². The van der Waals surface area contributed by atoms with Crippen LogP contribution in [0.2, 0.25) is 0 Å². The first-order valence-electron chi connectivity index (χ1n) is 4.10. The molecule has 0 aromatic carbocycles. The fourth-order valence-corrected chi connectivity index (χ4v) is 1.28. The number of rotatable bonds is 1. The van der Waals surface area contributed by atoms with Crippen LogP contribution in [0.25, 0.3) is 0 Å². The second kappa shape index (κ2) is 3.60. The van der Waals surface area contributed by atoms with Crippen LogP contribution >= 0.6 is 0 Å². The van der Waals surface area contributed by atoms with Gasteiger partial charge in [0.25, 0.3) is 0 Å². The quantitative estimate of drug-likeness (QED) is 0.586. The zero-order valence-electron chi connectivity index (χ0n) is 6.75. The number of nitrogens with one attached hydrogen (secondary N) is 2. The summed E-state index contributed by atoms with van der Waals surface area (Å²) >= 11 is 0. The summed E-state index contributed by atoms with van der Waals surface area (Å²) in [6.45, 7) is 2.90. The Kier molecular flexibility index (Phi) is 2.29. The Bertz CT molecular complexity index is 230. The van der Waals surface area contributed by atoms with Gasteiger partial charge in [-0.2, -0.15) is 0 Å². The van der Waals surface area contributed by atoms with Gasteiger partial charge in [-0.05, 0) is 6.07 Å². The van der Waals surface area contributed by atoms with Crippen molar-refractivity contribution in [1.82, 2.24) is 20.6 Å². The van der Waals surface area contributed by atoms with Gasteiger partial charge in [-0.1, -0.05) is 0 Å². The maximum atomic E-state index is 4.16. The lowest BCUT2D eigenvalue weighted by molar-refractivity contribution is 0.415. The zero-order chi connectivity index (χ0) is 8.23. The molecule has 0 bridgehead atoms. The molecule has 1 saturated heterocycles. The molecule has 1 atom stereocenters. The molecule has 0 saturated carbocycles. The Morgan fingerprint density at radius 3 is 3.17 bits per heavy atom. The summed E-state index contributed by atoms with van der Waals surface area (Å²) < 4.78 is 0. The van der Waals surface area contributed by atoms with Gasteiger partial charge in [0.2, 0.25) is 0 Å². The minimum atomic E-state index is 0.246. The number of aromatic nitrogens is 2. The molecule has 0 spiro atoms. The van der Waals surface area contributed by atoms with Gasteiger partial charge in [0.15, 0.2) is 0 Å². The van der Waals surface area contributed by atoms with Crippen molar-refractivity contribution in [3.8, 4) is 0 Å². The predicted molar refractivity (Wildman–Crippen MR) is 44.5 cm³/mol. The molecule has 4 nitrogen and oxygen atoms in total. The van der Waals surface area contributed by atoms with E-state index in [1.165, 1.54) is 0 Å². The Morgan fingerprint density at radius 2 is 2.50 bits per heavy atom. The van der Waals surface area contributed by atoms with Crippen LogP contribution in [-0.2, 0) is 0 Å². The highest BCUT2D eigenvalue weighted by molar-refractivity contribution is 4.97. The van der Waals surface area contributed by atoms with E-state index >= 15 is 0 Å². The average Bonchev–Trinajstić information content (AvgIpc) is 2.21. The minimum Gasteiger partial charge on any atom is -0.313 e. The average molecular weight is 163 g/mol. The molecule has 1 aromatic rings. The third kappa shape index (κ3) is 1.60. The molecule has 0 amide bonds. The molecule has 63 valence electrons. The van der Waals surface area contributed by atoms with E-state index in [0.717, 1.165) is 25.5 Å². The fraction of sp³-hybridized carbons (Fsp3) is 0.500. The Morgan fingerprint density at radius 1 is 1.50 bits per heavy atom. The first-order valence-corrected chi connectivity index (χ1v) is 4.10. The van der Waals surface area contributed by atoms with Gasteiger partial charge in [0, 0.05) is 25.8 Å². The maximum absolute atomic E-state index is 4.16. The first-order chi connectivity index (χ1) is 5.97. The van der Waals surface area contributed by atoms with Crippen molar-refractivity contribution in [2.75, 3.05) is 19.6 Å². The van der Waals surface area contributed by atoms with Crippen molar-refractivity contribution in [3.05, 3.63) is 24.3 Å². The van der Waals surface area contributed by atoms with E-state index in [0.29, 0.717) is 0 Å². The van der Waals surface area contributed by atoms with Crippen molar-refractivity contribution in [2.24, 2.45) is 0 Å². The fourth-order valence-electron chi connectivity index (χ4n) is 1.28. The van der Waals surface area contributed by atoms with Gasteiger partial charge in [-0.15, -0.1) is 0 Å². The molecule has 0 aliphatic carbocycles. The molecule has 1 unspecified atom stereocenters. The maximum Gasteiger partial charge on any atom is 0.147 e. The van der Waals surface area contributed by atoms with Gasteiger partial charge < -0.3 is 10.6 Å². The SMILES string of the molecule is [c]1ccnc(C2CNCCN2)n1. The van der Waals surface area contributed by atoms with Gasteiger partial charge >= 0.3 is 0 Å². The van der Waals surface area contributed by atoms with Crippen LogP contribution in [0.1, 0.15) is 11.9 Å². The van der Waals surface area contributed by atoms with E-state index < -0.39 is 0 Å². The molecular weight excluding hydrogens is 152 g/mol. The molecule has 1 aromatic heterocycles. The second-order valence-corrected chi connectivity index (χ2v) is 2.75. The standard InChI is InChI=1S/C8H11N4/c1-2-11-8(12-3-1)7-6-9-4-5-10-7/h1-2,7,9-10H,4-6H2. The van der Waals surface area contributed by atoms with Crippen LogP contribution in [-0.4, -0.2) is 29.6 Å². The lowest BCUT2D eigenvalue weighted by Gasteiger charge is -2.22. The van der Waals surface area contributed by atoms with Crippen molar-refractivity contribution >= 4 is 0 Å². The summed E-state index contributed by atoms with van der Waals surface area (Å²) in [6.07, 6.45) is 4.50. The summed E-state index contributed by atoms with van der Waals surface area (Å²) in [7, 11) is 0. The van der Waals surface area contributed by atoms with Gasteiger partial charge in [0.1, 0.15) is 5.82 Å². The largest absolute Gasteiger partial charge is 0.313 e. The van der Waals surface area contributed by atoms with Crippen LogP contribution in [0.3, 0.4) is 0 Å². The van der Waals surface area contributed by atoms with Crippen molar-refractivity contribution < 1.29 is 0 Å². The highest BCUT2D eigenvalue weighted by Crippen LogP contribution is 2.05. The monoisotopic (exact) mass is 163 g/mol. The van der Waals surface area contributed by atoms with Gasteiger partial charge in [-0.3, -0.25) is 0 Å². The molecule has 1 aliphatic heterocycles. The summed E-state index contributed by atoms with van der Waals surface area (Å²) in [6, 6.07) is 1.95. The van der Waals surface area contributed by atoms with E-state index in [9.17, 15) is 0 Å². The third-order valence-corrected chi connectivity index (χ3v) is 1.89. The predicted octanol–water partition coefficient (Wildman–Crippen LogP) is -0.489. The highest BCUT2D eigenvalue weighted by atomic mass is 15.1. The van der Waals surface area contributed by atoms with Crippen LogP contribution < -0.4 is 10.6 Å². The highest BCUT2D eigenvalue weighted by Gasteiger charge is 2.15. The van der Waals surface area contributed by atoms with E-state index in [4.69, 9.17) is 0 Å². The van der Waals surface area contributed by atoms with E-state index in [1.54, 1.807) is 12.3 Å². The Balaban J connectivity index is 2.08. The van der Waals surface area contributed by atoms with Crippen molar-refractivity contribution in [2.45, 2.75) is 6.04 Å². The molecule has 2 N–H and O–H groups in total. The Labute approximate surface area is 71.4 Å². The molecule has 2 rings (SSSR count). The lowest BCUT2D eigenvalue weighted by Crippen LogP contribution is -2.43. The number of nitrogens with zero attached hydrogens (tertiary/aromatic N) is 2. The van der Waals surface area contributed by atoms with Crippen molar-refractivity contribution in [3.63, 3.8) is 0 Å². The first kappa shape index (κ1) is 7.64.